The van der Waals surface area contributed by atoms with E-state index in [2.05, 4.69) is 20.4 Å². The second-order valence-electron chi connectivity index (χ2n) is 5.75. The number of aliphatic imine (C=N–C) groups is 1. The van der Waals surface area contributed by atoms with E-state index in [4.69, 9.17) is 4.74 Å². The van der Waals surface area contributed by atoms with Crippen molar-refractivity contribution in [2.75, 3.05) is 20.8 Å². The number of ether oxygens (including phenoxy) is 2. The summed E-state index contributed by atoms with van der Waals surface area (Å²) < 4.78 is 46.7. The van der Waals surface area contributed by atoms with Gasteiger partial charge in [-0.15, -0.1) is 37.1 Å². The van der Waals surface area contributed by atoms with Crippen molar-refractivity contribution in [3.8, 4) is 5.75 Å². The Bertz CT molecular complexity index is 584. The zero-order valence-corrected chi connectivity index (χ0v) is 16.6. The summed E-state index contributed by atoms with van der Waals surface area (Å²) in [7, 11) is 3.26. The number of para-hydroxylation sites is 1. The van der Waals surface area contributed by atoms with Crippen LogP contribution in [0, 0.1) is 0 Å². The lowest BCUT2D eigenvalue weighted by molar-refractivity contribution is -0.274. The van der Waals surface area contributed by atoms with Gasteiger partial charge in [-0.3, -0.25) is 4.99 Å². The molecule has 25 heavy (non-hydrogen) atoms. The number of halogens is 4. The summed E-state index contributed by atoms with van der Waals surface area (Å²) in [6, 6.07) is 6.33. The van der Waals surface area contributed by atoms with Crippen LogP contribution in [0.1, 0.15) is 24.8 Å². The topological polar surface area (TPSA) is 54.9 Å². The number of hydrogen-bond donors (Lipinski definition) is 2. The fraction of sp³-hybridized carbons (Fsp3) is 0.562. The van der Waals surface area contributed by atoms with Crippen LogP contribution >= 0.6 is 24.0 Å². The number of hydrogen-bond acceptors (Lipinski definition) is 3. The van der Waals surface area contributed by atoms with Crippen molar-refractivity contribution >= 4 is 29.9 Å². The van der Waals surface area contributed by atoms with Crippen LogP contribution < -0.4 is 15.4 Å². The lowest BCUT2D eigenvalue weighted by Gasteiger charge is -2.17. The quantitative estimate of drug-likeness (QED) is 0.379. The highest BCUT2D eigenvalue weighted by atomic mass is 127. The molecule has 1 aliphatic carbocycles. The van der Waals surface area contributed by atoms with E-state index in [1.165, 1.54) is 12.1 Å². The van der Waals surface area contributed by atoms with Gasteiger partial charge in [0.2, 0.25) is 0 Å². The molecule has 0 aliphatic heterocycles. The van der Waals surface area contributed by atoms with Crippen LogP contribution in [-0.2, 0) is 4.74 Å². The van der Waals surface area contributed by atoms with E-state index in [1.807, 2.05) is 6.92 Å². The van der Waals surface area contributed by atoms with E-state index in [9.17, 15) is 13.2 Å². The third-order valence-electron chi connectivity index (χ3n) is 3.68. The predicted octanol–water partition coefficient (Wildman–Crippen LogP) is 3.26. The average molecular weight is 473 g/mol. The van der Waals surface area contributed by atoms with Crippen molar-refractivity contribution in [3.05, 3.63) is 29.8 Å². The Morgan fingerprint density at radius 2 is 2.04 bits per heavy atom. The van der Waals surface area contributed by atoms with Gasteiger partial charge in [0.1, 0.15) is 5.75 Å². The minimum absolute atomic E-state index is 0. The summed E-state index contributed by atoms with van der Waals surface area (Å²) in [6.45, 7) is 2.48. The van der Waals surface area contributed by atoms with Crippen LogP contribution in [0.2, 0.25) is 0 Å². The molecule has 2 N–H and O–H groups in total. The fourth-order valence-corrected chi connectivity index (χ4v) is 2.57. The number of guanidine groups is 1. The molecule has 0 spiro atoms. The SMILES string of the molecule is CN=C(NC(C)COC)NC1CC1c1ccccc1OC(F)(F)F.I. The Hall–Kier alpha value is -1.23. The molecule has 1 saturated carbocycles. The van der Waals surface area contributed by atoms with Gasteiger partial charge in [-0.1, -0.05) is 18.2 Å². The Morgan fingerprint density at radius 1 is 1.36 bits per heavy atom. The van der Waals surface area contributed by atoms with E-state index in [1.54, 1.807) is 26.3 Å². The van der Waals surface area contributed by atoms with Crippen LogP contribution in [0.4, 0.5) is 13.2 Å². The van der Waals surface area contributed by atoms with Crippen molar-refractivity contribution in [2.45, 2.75) is 37.7 Å². The molecular formula is C16H23F3IN3O2. The summed E-state index contributed by atoms with van der Waals surface area (Å²) in [5.74, 6) is 0.413. The first kappa shape index (κ1) is 21.8. The molecule has 3 unspecified atom stereocenters. The van der Waals surface area contributed by atoms with Crippen molar-refractivity contribution in [2.24, 2.45) is 4.99 Å². The second kappa shape index (κ2) is 9.46. The maximum absolute atomic E-state index is 12.5. The van der Waals surface area contributed by atoms with Crippen LogP contribution in [0.5, 0.6) is 5.75 Å². The molecule has 5 nitrogen and oxygen atoms in total. The summed E-state index contributed by atoms with van der Waals surface area (Å²) in [6.07, 6.45) is -3.97. The third kappa shape index (κ3) is 6.89. The molecule has 9 heteroatoms. The predicted molar refractivity (Wildman–Crippen MR) is 101 cm³/mol. The third-order valence-corrected chi connectivity index (χ3v) is 3.68. The first-order valence-electron chi connectivity index (χ1n) is 7.67. The fourth-order valence-electron chi connectivity index (χ4n) is 2.57. The molecule has 1 fully saturated rings. The van der Waals surface area contributed by atoms with Crippen molar-refractivity contribution in [3.63, 3.8) is 0 Å². The van der Waals surface area contributed by atoms with Gasteiger partial charge in [0.25, 0.3) is 0 Å². The summed E-state index contributed by atoms with van der Waals surface area (Å²) in [5.41, 5.74) is 0.549. The number of methoxy groups -OCH3 is 1. The van der Waals surface area contributed by atoms with Crippen LogP contribution in [-0.4, -0.2) is 45.2 Å². The zero-order chi connectivity index (χ0) is 17.7. The Balaban J connectivity index is 0.00000312. The number of rotatable bonds is 6. The second-order valence-corrected chi connectivity index (χ2v) is 5.75. The standard InChI is InChI=1S/C16H22F3N3O2.HI/c1-10(9-23-3)21-15(20-2)22-13-8-12(13)11-6-4-5-7-14(11)24-16(17,18)19;/h4-7,10,12-13H,8-9H2,1-3H3,(H2,20,21,22);1H. The normalized spacial score (nSPS) is 21.1. The average Bonchev–Trinajstić information content (AvgIpc) is 3.24. The highest BCUT2D eigenvalue weighted by molar-refractivity contribution is 14.0. The van der Waals surface area contributed by atoms with E-state index in [0.29, 0.717) is 18.1 Å². The molecule has 1 aromatic rings. The minimum atomic E-state index is -4.69. The Kier molecular flexibility index (Phi) is 8.26. The lowest BCUT2D eigenvalue weighted by atomic mass is 10.1. The van der Waals surface area contributed by atoms with Crippen molar-refractivity contribution < 1.29 is 22.6 Å². The molecule has 0 aromatic heterocycles. The molecule has 3 atom stereocenters. The van der Waals surface area contributed by atoms with Gasteiger partial charge in [-0.2, -0.15) is 0 Å². The van der Waals surface area contributed by atoms with Gasteiger partial charge >= 0.3 is 6.36 Å². The maximum Gasteiger partial charge on any atom is 0.573 e. The van der Waals surface area contributed by atoms with E-state index in [-0.39, 0.29) is 47.7 Å². The summed E-state index contributed by atoms with van der Waals surface area (Å²) in [4.78, 5) is 4.13. The maximum atomic E-state index is 12.5. The summed E-state index contributed by atoms with van der Waals surface area (Å²) in [5, 5.41) is 6.38. The molecule has 142 valence electrons. The van der Waals surface area contributed by atoms with Crippen LogP contribution in [0.3, 0.4) is 0 Å². The zero-order valence-electron chi connectivity index (χ0n) is 14.3. The molecule has 1 aliphatic rings. The molecule has 0 saturated heterocycles. The first-order chi connectivity index (χ1) is 11.3. The molecule has 0 bridgehead atoms. The molecule has 0 heterocycles. The van der Waals surface area contributed by atoms with Crippen LogP contribution in [0.15, 0.2) is 29.3 Å². The van der Waals surface area contributed by atoms with Gasteiger partial charge in [-0.25, -0.2) is 0 Å². The van der Waals surface area contributed by atoms with Gasteiger partial charge in [0.05, 0.1) is 6.61 Å². The Morgan fingerprint density at radius 3 is 2.64 bits per heavy atom. The van der Waals surface area contributed by atoms with E-state index >= 15 is 0 Å². The highest BCUT2D eigenvalue weighted by Gasteiger charge is 2.42. The molecular weight excluding hydrogens is 450 g/mol. The van der Waals surface area contributed by atoms with Crippen LogP contribution in [0.25, 0.3) is 0 Å². The van der Waals surface area contributed by atoms with Crippen molar-refractivity contribution in [1.29, 1.82) is 0 Å². The first-order valence-corrected chi connectivity index (χ1v) is 7.67. The number of nitrogens with zero attached hydrogens (tertiary/aromatic N) is 1. The van der Waals surface area contributed by atoms with Crippen molar-refractivity contribution in [1.82, 2.24) is 10.6 Å². The largest absolute Gasteiger partial charge is 0.573 e. The van der Waals surface area contributed by atoms with Gasteiger partial charge in [0, 0.05) is 32.2 Å². The molecule has 0 amide bonds. The van der Waals surface area contributed by atoms with Gasteiger partial charge < -0.3 is 20.1 Å². The van der Waals surface area contributed by atoms with Gasteiger partial charge in [-0.05, 0) is 25.0 Å². The number of alkyl halides is 3. The molecule has 1 aromatic carbocycles. The Labute approximate surface area is 162 Å². The highest BCUT2D eigenvalue weighted by Crippen LogP contribution is 2.45. The molecule has 2 rings (SSSR count). The lowest BCUT2D eigenvalue weighted by Crippen LogP contribution is -2.45. The summed E-state index contributed by atoms with van der Waals surface area (Å²) >= 11 is 0. The minimum Gasteiger partial charge on any atom is -0.405 e. The molecule has 0 radical (unpaired) electrons. The van der Waals surface area contributed by atoms with E-state index in [0.717, 1.165) is 6.42 Å². The number of nitrogens with one attached hydrogen (secondary N) is 2. The van der Waals surface area contributed by atoms with E-state index < -0.39 is 6.36 Å². The monoisotopic (exact) mass is 473 g/mol. The van der Waals surface area contributed by atoms with Gasteiger partial charge in [0.15, 0.2) is 5.96 Å². The number of benzene rings is 1. The smallest absolute Gasteiger partial charge is 0.405 e.